The fraction of sp³-hybridized carbons (Fsp3) is 0. The number of hydrogen-bond acceptors (Lipinski definition) is 1. The van der Waals surface area contributed by atoms with Gasteiger partial charge in [-0.05, 0) is 0 Å². The van der Waals surface area contributed by atoms with Gasteiger partial charge in [-0.25, -0.2) is 0 Å². The first-order valence-electron chi connectivity index (χ1n) is 0.154. The molecule has 19 valence electrons. The zero-order chi connectivity index (χ0) is 2.00. The third-order valence-corrected chi connectivity index (χ3v) is 0. The van der Waals surface area contributed by atoms with Crippen LogP contribution in [0.5, 0.6) is 0 Å². The van der Waals surface area contributed by atoms with E-state index in [9.17, 15) is 0 Å². The summed E-state index contributed by atoms with van der Waals surface area (Å²) in [7, 11) is 0. The third-order valence-electron chi connectivity index (χ3n) is 0. The minimum absolute atomic E-state index is 0. The van der Waals surface area contributed by atoms with Crippen LogP contribution in [-0.4, -0.2) is 23.1 Å². The summed E-state index contributed by atoms with van der Waals surface area (Å²) in [6.07, 6.45) is 0. The molecule has 0 unspecified atom stereocenters. The summed E-state index contributed by atoms with van der Waals surface area (Å²) in [6, 6.07) is 0. The van der Waals surface area contributed by atoms with E-state index in [2.05, 4.69) is 0 Å². The summed E-state index contributed by atoms with van der Waals surface area (Å²) in [5.74, 6) is 0. The van der Waals surface area contributed by atoms with Crippen molar-refractivity contribution < 1.29 is 53.6 Å². The maximum atomic E-state index is 8.06. The minimum atomic E-state index is 0. The van der Waals surface area contributed by atoms with E-state index < -0.39 is 0 Å². The molecule has 0 N–H and O–H groups in total. The van der Waals surface area contributed by atoms with Gasteiger partial charge in [0.05, 0.1) is 0 Å². The van der Waals surface area contributed by atoms with E-state index in [0.29, 0.717) is 0 Å². The molecule has 0 saturated carbocycles. The van der Waals surface area contributed by atoms with Crippen LogP contribution in [0.2, 0.25) is 0 Å². The normalized spacial score (nSPS) is 1.00. The van der Waals surface area contributed by atoms with Gasteiger partial charge >= 0.3 is 72.4 Å². The topological polar surface area (TPSA) is 17.1 Å². The van der Waals surface area contributed by atoms with Crippen molar-refractivity contribution in [3.8, 4) is 0 Å². The van der Waals surface area contributed by atoms with Crippen molar-refractivity contribution >= 4 is 23.1 Å². The number of hydrogen-bond donors (Lipinski definition) is 0. The molecular weight excluding hydrogens is 118 g/mol. The molecule has 0 aromatic carbocycles. The van der Waals surface area contributed by atoms with Gasteiger partial charge in [-0.15, -0.1) is 0 Å². The van der Waals surface area contributed by atoms with Crippen molar-refractivity contribution in [2.24, 2.45) is 0 Å². The van der Waals surface area contributed by atoms with Crippen molar-refractivity contribution in [1.82, 2.24) is 0 Å². The Morgan fingerprint density at radius 2 is 1.50 bits per heavy atom. The maximum absolute atomic E-state index is 8.06. The third kappa shape index (κ3) is 8.94. The van der Waals surface area contributed by atoms with E-state index in [-0.39, 0.29) is 56.9 Å². The van der Waals surface area contributed by atoms with Crippen LogP contribution in [0.15, 0.2) is 0 Å². The predicted octanol–water partition coefficient (Wildman–Crippen LogP) is -3.16. The molecule has 0 aliphatic rings. The van der Waals surface area contributed by atoms with E-state index in [4.69, 9.17) is 3.83 Å². The Bertz CT molecular complexity index is 14.9. The van der Waals surface area contributed by atoms with Crippen molar-refractivity contribution in [3.05, 3.63) is 0 Å². The van der Waals surface area contributed by atoms with Crippen LogP contribution in [0.25, 0.3) is 0 Å². The van der Waals surface area contributed by atoms with Crippen molar-refractivity contribution in [1.29, 1.82) is 0 Å². The Morgan fingerprint density at radius 3 is 1.50 bits per heavy atom. The van der Waals surface area contributed by atoms with Crippen molar-refractivity contribution in [2.45, 2.75) is 0 Å². The molecule has 0 atom stereocenters. The molecular formula is H3MgMnNaO. The van der Waals surface area contributed by atoms with E-state index in [1.807, 2.05) is 0 Å². The molecule has 0 fully saturated rings. The van der Waals surface area contributed by atoms with Gasteiger partial charge in [0.1, 0.15) is 0 Å². The van der Waals surface area contributed by atoms with Gasteiger partial charge < -0.3 is 4.28 Å². The fourth-order valence-electron chi connectivity index (χ4n) is 0. The van der Waals surface area contributed by atoms with Crippen LogP contribution >= 0.6 is 0 Å². The second-order valence-electron chi connectivity index (χ2n) is 0. The van der Waals surface area contributed by atoms with Gasteiger partial charge in [0.2, 0.25) is 0 Å². The molecule has 0 aliphatic heterocycles. The van der Waals surface area contributed by atoms with Crippen molar-refractivity contribution in [2.75, 3.05) is 0 Å². The second-order valence-corrected chi connectivity index (χ2v) is 0. The summed E-state index contributed by atoms with van der Waals surface area (Å²) in [6.45, 7) is 0. The second kappa shape index (κ2) is 19.5. The molecule has 0 heterocycles. The summed E-state index contributed by atoms with van der Waals surface area (Å²) in [4.78, 5) is 0. The van der Waals surface area contributed by atoms with Crippen LogP contribution in [0.1, 0.15) is 4.28 Å². The zero-order valence-corrected chi connectivity index (χ0v) is 7.09. The molecule has 0 aromatic rings. The molecule has 1 nitrogen and oxygen atoms in total. The Kier molecular flexibility index (Phi) is 80.7. The van der Waals surface area contributed by atoms with E-state index >= 15 is 0 Å². The standard InChI is InChI=1S/Mg.Mn.Na.O.3H/q+2;;+1;;3*-1. The Morgan fingerprint density at radius 1 is 1.50 bits per heavy atom. The van der Waals surface area contributed by atoms with E-state index in [0.717, 1.165) is 0 Å². The monoisotopic (exact) mass is 121 g/mol. The van der Waals surface area contributed by atoms with Gasteiger partial charge in [0.15, 0.2) is 0 Å². The summed E-state index contributed by atoms with van der Waals surface area (Å²) >= 11 is 1.69. The Hall–Kier alpha value is 2.09. The summed E-state index contributed by atoms with van der Waals surface area (Å²) in [5.41, 5.74) is 0. The average molecular weight is 121 g/mol. The van der Waals surface area contributed by atoms with Gasteiger partial charge in [-0.3, -0.25) is 0 Å². The fourth-order valence-corrected chi connectivity index (χ4v) is 0. The van der Waals surface area contributed by atoms with Gasteiger partial charge in [-0.2, -0.15) is 0 Å². The van der Waals surface area contributed by atoms with Gasteiger partial charge in [0, 0.05) is 0 Å². The average Bonchev–Trinajstić information content (AvgIpc) is 1.00. The first-order valence-corrected chi connectivity index (χ1v) is 0.636. The predicted molar refractivity (Wildman–Crippen MR) is 9.78 cm³/mol. The molecule has 4 heavy (non-hydrogen) atoms. The first kappa shape index (κ1) is 16.5. The molecule has 0 bridgehead atoms. The van der Waals surface area contributed by atoms with E-state index in [1.54, 1.807) is 15.9 Å². The molecule has 0 aliphatic carbocycles. The van der Waals surface area contributed by atoms with Crippen molar-refractivity contribution in [3.63, 3.8) is 0 Å². The van der Waals surface area contributed by atoms with Gasteiger partial charge in [0.25, 0.3) is 0 Å². The van der Waals surface area contributed by atoms with Crippen LogP contribution in [-0.2, 0) is 19.8 Å². The molecule has 4 heteroatoms. The SMILES string of the molecule is [H-].[H-].[H-].[Mg+2].[Na+].[O]=[Mn]. The van der Waals surface area contributed by atoms with Crippen LogP contribution < -0.4 is 29.6 Å². The quantitative estimate of drug-likeness (QED) is 0.309. The molecule has 0 spiro atoms. The molecule has 0 aromatic heterocycles. The van der Waals surface area contributed by atoms with Crippen LogP contribution in [0, 0.1) is 0 Å². The van der Waals surface area contributed by atoms with Crippen LogP contribution in [0.3, 0.4) is 0 Å². The van der Waals surface area contributed by atoms with E-state index in [1.165, 1.54) is 0 Å². The zero-order valence-electron chi connectivity index (χ0n) is 5.49. The van der Waals surface area contributed by atoms with Gasteiger partial charge in [-0.1, -0.05) is 0 Å². The van der Waals surface area contributed by atoms with Crippen LogP contribution in [0.4, 0.5) is 0 Å². The first-order chi connectivity index (χ1) is 1.00. The summed E-state index contributed by atoms with van der Waals surface area (Å²) < 4.78 is 8.06. The Labute approximate surface area is 75.8 Å². The molecule has 0 rings (SSSR count). The molecule has 0 amide bonds. The molecule has 0 radical (unpaired) electrons. The molecule has 0 saturated heterocycles. The Balaban J connectivity index is -0.000000000500. The summed E-state index contributed by atoms with van der Waals surface area (Å²) in [5, 5.41) is 0. The number of rotatable bonds is 0.